The Hall–Kier alpha value is -2.98. The molecule has 1 aromatic carbocycles. The highest BCUT2D eigenvalue weighted by molar-refractivity contribution is 6.38. The number of halogens is 9. The van der Waals surface area contributed by atoms with Crippen LogP contribution in [0.3, 0.4) is 0 Å². The van der Waals surface area contributed by atoms with Gasteiger partial charge in [0.15, 0.2) is 11.5 Å². The molecular weight excluding hydrogens is 494 g/mol. The van der Waals surface area contributed by atoms with Crippen LogP contribution in [0.5, 0.6) is 5.75 Å². The number of aromatic nitrogens is 2. The number of hydrogen-bond acceptors (Lipinski definition) is 4. The maximum absolute atomic E-state index is 13.4. The quantitative estimate of drug-likeness (QED) is 0.273. The molecular formula is C17H10Cl2F7N5O. The first-order valence-electron chi connectivity index (χ1n) is 8.08. The fourth-order valence-electron chi connectivity index (χ4n) is 2.42. The van der Waals surface area contributed by atoms with E-state index in [0.717, 1.165) is 18.5 Å². The van der Waals surface area contributed by atoms with E-state index in [0.29, 0.717) is 4.68 Å². The highest BCUT2D eigenvalue weighted by atomic mass is 35.5. The predicted molar refractivity (Wildman–Crippen MR) is 102 cm³/mol. The van der Waals surface area contributed by atoms with E-state index in [1.54, 1.807) is 0 Å². The molecule has 6 nitrogen and oxygen atoms in total. The molecule has 0 spiro atoms. The van der Waals surface area contributed by atoms with Gasteiger partial charge in [0.2, 0.25) is 0 Å². The third-order valence-electron chi connectivity index (χ3n) is 3.53. The number of nitrogens with zero attached hydrogens (tertiary/aromatic N) is 5. The van der Waals surface area contributed by atoms with E-state index in [4.69, 9.17) is 23.2 Å². The van der Waals surface area contributed by atoms with Crippen LogP contribution in [0.25, 0.3) is 11.3 Å². The highest BCUT2D eigenvalue weighted by Crippen LogP contribution is 2.45. The fraction of sp³-hybridized carbons (Fsp3) is 0.235. The third kappa shape index (κ3) is 5.43. The molecule has 32 heavy (non-hydrogen) atoms. The molecule has 0 aliphatic heterocycles. The Bertz CT molecular complexity index is 1090. The second kappa shape index (κ2) is 9.66. The third-order valence-corrected chi connectivity index (χ3v) is 4.10. The van der Waals surface area contributed by atoms with Gasteiger partial charge in [0, 0.05) is 26.2 Å². The molecule has 0 N–H and O–H groups in total. The van der Waals surface area contributed by atoms with Crippen LogP contribution >= 0.6 is 23.2 Å². The molecule has 0 unspecified atom stereocenters. The lowest BCUT2D eigenvalue weighted by Crippen LogP contribution is -2.13. The van der Waals surface area contributed by atoms with Crippen LogP contribution in [0, 0.1) is 11.3 Å². The second-order valence-corrected chi connectivity index (χ2v) is 6.84. The monoisotopic (exact) mass is 503 g/mol. The van der Waals surface area contributed by atoms with Crippen molar-refractivity contribution in [3.05, 3.63) is 39.5 Å². The second-order valence-electron chi connectivity index (χ2n) is 6.03. The molecule has 0 aliphatic rings. The Labute approximate surface area is 185 Å². The van der Waals surface area contributed by atoms with Crippen LogP contribution in [0.2, 0.25) is 10.0 Å². The minimum atomic E-state index is -5.58. The number of aliphatic imine (C=N–C) groups is 1. The van der Waals surface area contributed by atoms with Gasteiger partial charge in [-0.15, -0.1) is 0 Å². The summed E-state index contributed by atoms with van der Waals surface area (Å²) in [6, 6.07) is 2.99. The number of nitriles is 1. The minimum Gasteiger partial charge on any atom is -0.435 e. The van der Waals surface area contributed by atoms with Crippen LogP contribution in [0.15, 0.2) is 23.2 Å². The van der Waals surface area contributed by atoms with Gasteiger partial charge < -0.3 is 9.64 Å². The van der Waals surface area contributed by atoms with Crippen LogP contribution in [0.1, 0.15) is 11.3 Å². The zero-order valence-electron chi connectivity index (χ0n) is 15.9. The summed E-state index contributed by atoms with van der Waals surface area (Å²) in [7, 11) is 2.86. The lowest BCUT2D eigenvalue weighted by atomic mass is 10.1. The zero-order valence-corrected chi connectivity index (χ0v) is 17.4. The van der Waals surface area contributed by atoms with Gasteiger partial charge >= 0.3 is 12.8 Å². The lowest BCUT2D eigenvalue weighted by molar-refractivity contribution is -0.0711. The summed E-state index contributed by atoms with van der Waals surface area (Å²) in [6.45, 7) is -3.23. The van der Waals surface area contributed by atoms with Crippen LogP contribution in [-0.2, 0) is 0 Å². The molecule has 0 atom stereocenters. The number of hydrogen-bond donors (Lipinski definition) is 0. The Kier molecular flexibility index (Phi) is 7.63. The van der Waals surface area contributed by atoms with Gasteiger partial charge in [0.05, 0.1) is 21.9 Å². The van der Waals surface area contributed by atoms with Crippen molar-refractivity contribution in [1.82, 2.24) is 14.7 Å². The number of benzene rings is 1. The largest absolute Gasteiger partial charge is 0.435 e. The Morgan fingerprint density at radius 1 is 1.25 bits per heavy atom. The Morgan fingerprint density at radius 2 is 1.81 bits per heavy atom. The van der Waals surface area contributed by atoms with Gasteiger partial charge in [0.25, 0.3) is 6.08 Å². The molecule has 0 aliphatic carbocycles. The van der Waals surface area contributed by atoms with Gasteiger partial charge in [-0.2, -0.15) is 41.1 Å². The average Bonchev–Trinajstić information content (AvgIpc) is 2.95. The van der Waals surface area contributed by atoms with E-state index in [2.05, 4.69) is 14.8 Å². The van der Waals surface area contributed by atoms with E-state index in [1.807, 2.05) is 0 Å². The van der Waals surface area contributed by atoms with Crippen molar-refractivity contribution >= 4 is 40.9 Å². The van der Waals surface area contributed by atoms with Crippen molar-refractivity contribution < 1.29 is 35.5 Å². The SMILES string of the molecule is CN(C)/C=N\c1c(C(=C(F)F)C(F)(F)F)c(C#N)nn1-c1c(Cl)cc(OC(F)F)cc1Cl. The first-order valence-corrected chi connectivity index (χ1v) is 8.84. The van der Waals surface area contributed by atoms with E-state index >= 15 is 0 Å². The van der Waals surface area contributed by atoms with E-state index < -0.39 is 63.0 Å². The van der Waals surface area contributed by atoms with Crippen molar-refractivity contribution in [2.45, 2.75) is 12.8 Å². The van der Waals surface area contributed by atoms with Crippen molar-refractivity contribution in [3.8, 4) is 17.5 Å². The van der Waals surface area contributed by atoms with E-state index in [9.17, 15) is 36.0 Å². The van der Waals surface area contributed by atoms with Crippen molar-refractivity contribution in [3.63, 3.8) is 0 Å². The minimum absolute atomic E-state index is 0.413. The van der Waals surface area contributed by atoms with Gasteiger partial charge in [-0.25, -0.2) is 9.67 Å². The number of ether oxygens (including phenoxy) is 1. The van der Waals surface area contributed by atoms with Gasteiger partial charge in [0.1, 0.15) is 23.1 Å². The van der Waals surface area contributed by atoms with E-state index in [1.165, 1.54) is 25.1 Å². The van der Waals surface area contributed by atoms with Crippen LogP contribution in [0.4, 0.5) is 36.6 Å². The molecule has 0 bridgehead atoms. The van der Waals surface area contributed by atoms with Crippen molar-refractivity contribution in [2.24, 2.45) is 4.99 Å². The summed E-state index contributed by atoms with van der Waals surface area (Å²) in [4.78, 5) is 5.00. The maximum Gasteiger partial charge on any atom is 0.422 e. The zero-order chi connectivity index (χ0) is 24.4. The maximum atomic E-state index is 13.4. The molecule has 0 radical (unpaired) electrons. The molecule has 2 rings (SSSR count). The van der Waals surface area contributed by atoms with Gasteiger partial charge in [-0.1, -0.05) is 23.2 Å². The summed E-state index contributed by atoms with van der Waals surface area (Å²) in [5, 5.41) is 12.0. The summed E-state index contributed by atoms with van der Waals surface area (Å²) in [6.07, 6.45) is -7.76. The smallest absolute Gasteiger partial charge is 0.422 e. The number of alkyl halides is 5. The number of allylic oxidation sites excluding steroid dienone is 1. The average molecular weight is 504 g/mol. The molecule has 0 amide bonds. The first-order chi connectivity index (χ1) is 14.8. The molecule has 0 saturated carbocycles. The molecule has 0 fully saturated rings. The molecule has 15 heteroatoms. The molecule has 1 aromatic heterocycles. The first kappa shape index (κ1) is 25.3. The summed E-state index contributed by atoms with van der Waals surface area (Å²) in [5.74, 6) is -1.35. The number of rotatable bonds is 6. The lowest BCUT2D eigenvalue weighted by Gasteiger charge is -2.14. The van der Waals surface area contributed by atoms with E-state index in [-0.39, 0.29) is 0 Å². The van der Waals surface area contributed by atoms with Crippen molar-refractivity contribution in [2.75, 3.05) is 14.1 Å². The summed E-state index contributed by atoms with van der Waals surface area (Å²) in [5.41, 5.74) is -5.23. The topological polar surface area (TPSA) is 66.4 Å². The van der Waals surface area contributed by atoms with Crippen LogP contribution in [-0.4, -0.2) is 47.9 Å². The fourth-order valence-corrected chi connectivity index (χ4v) is 3.05. The van der Waals surface area contributed by atoms with Crippen LogP contribution < -0.4 is 4.74 Å². The molecule has 0 saturated heterocycles. The molecule has 172 valence electrons. The summed E-state index contributed by atoms with van der Waals surface area (Å²) < 4.78 is 96.5. The summed E-state index contributed by atoms with van der Waals surface area (Å²) >= 11 is 12.1. The Balaban J connectivity index is 2.94. The Morgan fingerprint density at radius 3 is 2.22 bits per heavy atom. The molecule has 1 heterocycles. The molecule has 2 aromatic rings. The highest BCUT2D eigenvalue weighted by Gasteiger charge is 2.43. The van der Waals surface area contributed by atoms with Gasteiger partial charge in [-0.3, -0.25) is 0 Å². The van der Waals surface area contributed by atoms with Gasteiger partial charge in [-0.05, 0) is 0 Å². The van der Waals surface area contributed by atoms with Crippen molar-refractivity contribution in [1.29, 1.82) is 5.26 Å². The predicted octanol–water partition coefficient (Wildman–Crippen LogP) is 6.04. The standard InChI is InChI=1S/C17H10Cl2F7N5O/c1-30(2)6-28-15-11(12(14(20)21)17(24,25)26)10(5-27)29-31(15)13-8(18)3-7(4-9(13)19)32-16(22)23/h3-4,6,16H,1-2H3/b28-6-. The normalized spacial score (nSPS) is 11.7.